The second-order valence-electron chi connectivity index (χ2n) is 7.70. The maximum Gasteiger partial charge on any atom is 0.251 e. The van der Waals surface area contributed by atoms with Gasteiger partial charge in [-0.2, -0.15) is 0 Å². The van der Waals surface area contributed by atoms with Crippen molar-refractivity contribution in [2.75, 3.05) is 20.2 Å². The van der Waals surface area contributed by atoms with Crippen molar-refractivity contribution in [3.63, 3.8) is 0 Å². The van der Waals surface area contributed by atoms with E-state index >= 15 is 0 Å². The van der Waals surface area contributed by atoms with Gasteiger partial charge in [0.05, 0.1) is 13.2 Å². The van der Waals surface area contributed by atoms with Crippen molar-refractivity contribution in [2.45, 2.75) is 43.9 Å². The highest BCUT2D eigenvalue weighted by molar-refractivity contribution is 5.97. The summed E-state index contributed by atoms with van der Waals surface area (Å²) in [4.78, 5) is 53.4. The van der Waals surface area contributed by atoms with Gasteiger partial charge in [-0.05, 0) is 37.1 Å². The third kappa shape index (κ3) is 3.41. The van der Waals surface area contributed by atoms with E-state index in [0.717, 1.165) is 0 Å². The fraction of sp³-hybridized carbons (Fsp3) is 0.500. The molecule has 0 aliphatic carbocycles. The third-order valence-electron chi connectivity index (χ3n) is 5.96. The van der Waals surface area contributed by atoms with Crippen LogP contribution in [0.2, 0.25) is 0 Å². The Hall–Kier alpha value is -3.10. The van der Waals surface area contributed by atoms with E-state index in [1.54, 1.807) is 31.4 Å². The van der Waals surface area contributed by atoms with Crippen LogP contribution in [0.15, 0.2) is 24.3 Å². The molecule has 1 aromatic carbocycles. The topological polar surface area (TPSA) is 108 Å². The van der Waals surface area contributed by atoms with E-state index in [4.69, 9.17) is 4.74 Å². The molecule has 0 radical (unpaired) electrons. The molecule has 0 aromatic heterocycles. The van der Waals surface area contributed by atoms with E-state index in [1.807, 2.05) is 0 Å². The smallest absolute Gasteiger partial charge is 0.251 e. The Kier molecular flexibility index (Phi) is 4.89. The number of hydrogen-bond donors (Lipinski definition) is 2. The van der Waals surface area contributed by atoms with Crippen molar-refractivity contribution in [3.8, 4) is 5.75 Å². The summed E-state index contributed by atoms with van der Waals surface area (Å²) >= 11 is 0. The minimum atomic E-state index is -0.669. The van der Waals surface area contributed by atoms with Crippen LogP contribution in [0.25, 0.3) is 0 Å². The third-order valence-corrected chi connectivity index (χ3v) is 5.96. The number of benzene rings is 1. The van der Waals surface area contributed by atoms with E-state index in [2.05, 4.69) is 10.6 Å². The molecule has 3 aliphatic rings. The second kappa shape index (κ2) is 7.38. The first-order chi connectivity index (χ1) is 13.9. The van der Waals surface area contributed by atoms with Crippen LogP contribution in [0.3, 0.4) is 0 Å². The average molecular weight is 400 g/mol. The first-order valence-electron chi connectivity index (χ1n) is 9.72. The van der Waals surface area contributed by atoms with Gasteiger partial charge in [0.1, 0.15) is 17.8 Å². The van der Waals surface area contributed by atoms with Crippen LogP contribution >= 0.6 is 0 Å². The standard InChI is InChI=1S/C20H24N4O5/c1-11(25)23-8-7-15-17(23)20(28)24-10-13(9-16(24)19(27)22-15)21-18(26)12-3-5-14(29-2)6-4-12/h3-6,13,15-17H,7-10H2,1-2H3,(H,21,26)(H,22,27). The summed E-state index contributed by atoms with van der Waals surface area (Å²) in [6.45, 7) is 2.13. The number of amides is 4. The Morgan fingerprint density at radius 1 is 1.21 bits per heavy atom. The molecular weight excluding hydrogens is 376 g/mol. The average Bonchev–Trinajstić information content (AvgIpc) is 3.30. The van der Waals surface area contributed by atoms with Gasteiger partial charge in [-0.1, -0.05) is 0 Å². The van der Waals surface area contributed by atoms with Crippen LogP contribution in [0.1, 0.15) is 30.1 Å². The zero-order valence-corrected chi connectivity index (χ0v) is 16.4. The number of hydrogen-bond acceptors (Lipinski definition) is 5. The Labute approximate surface area is 168 Å². The van der Waals surface area contributed by atoms with Gasteiger partial charge in [0.25, 0.3) is 5.91 Å². The first kappa shape index (κ1) is 19.2. The largest absolute Gasteiger partial charge is 0.497 e. The summed E-state index contributed by atoms with van der Waals surface area (Å²) < 4.78 is 5.09. The predicted molar refractivity (Wildman–Crippen MR) is 102 cm³/mol. The first-order valence-corrected chi connectivity index (χ1v) is 9.72. The summed E-state index contributed by atoms with van der Waals surface area (Å²) in [6.07, 6.45) is 0.916. The fourth-order valence-electron chi connectivity index (χ4n) is 4.49. The van der Waals surface area contributed by atoms with Gasteiger partial charge in [0, 0.05) is 31.6 Å². The van der Waals surface area contributed by atoms with Gasteiger partial charge < -0.3 is 25.2 Å². The maximum absolute atomic E-state index is 13.2. The monoisotopic (exact) mass is 400 g/mol. The number of nitrogens with one attached hydrogen (secondary N) is 2. The Morgan fingerprint density at radius 2 is 1.93 bits per heavy atom. The van der Waals surface area contributed by atoms with Gasteiger partial charge in [-0.25, -0.2) is 0 Å². The van der Waals surface area contributed by atoms with Gasteiger partial charge in [-0.15, -0.1) is 0 Å². The van der Waals surface area contributed by atoms with Gasteiger partial charge in [0.2, 0.25) is 17.7 Å². The molecule has 3 saturated heterocycles. The molecule has 9 heteroatoms. The van der Waals surface area contributed by atoms with Gasteiger partial charge in [-0.3, -0.25) is 19.2 Å². The molecule has 2 N–H and O–H groups in total. The maximum atomic E-state index is 13.2. The lowest BCUT2D eigenvalue weighted by Crippen LogP contribution is -2.52. The summed E-state index contributed by atoms with van der Waals surface area (Å²) in [7, 11) is 1.55. The predicted octanol–water partition coefficient (Wildman–Crippen LogP) is -0.486. The second-order valence-corrected chi connectivity index (χ2v) is 7.70. The van der Waals surface area contributed by atoms with E-state index < -0.39 is 12.1 Å². The van der Waals surface area contributed by atoms with Crippen LogP contribution < -0.4 is 15.4 Å². The Bertz CT molecular complexity index is 855. The molecule has 3 heterocycles. The number of likely N-dealkylation sites (tertiary alicyclic amines) is 1. The van der Waals surface area contributed by atoms with Crippen LogP contribution in [-0.2, 0) is 14.4 Å². The van der Waals surface area contributed by atoms with Crippen LogP contribution in [0.4, 0.5) is 0 Å². The lowest BCUT2D eigenvalue weighted by molar-refractivity contribution is -0.143. The molecule has 0 bridgehead atoms. The van der Waals surface area contributed by atoms with Gasteiger partial charge in [0.15, 0.2) is 0 Å². The SMILES string of the molecule is COc1ccc(C(=O)NC2CC3C(=O)NC4CCN(C(C)=O)C4C(=O)N3C2)cc1. The van der Waals surface area contributed by atoms with Gasteiger partial charge >= 0.3 is 0 Å². The van der Waals surface area contributed by atoms with Crippen molar-refractivity contribution in [2.24, 2.45) is 0 Å². The highest BCUT2D eigenvalue weighted by Crippen LogP contribution is 2.29. The molecule has 1 aromatic rings. The molecular formula is C20H24N4O5. The molecule has 3 fully saturated rings. The quantitative estimate of drug-likeness (QED) is 0.712. The lowest BCUT2D eigenvalue weighted by atomic mass is 10.1. The molecule has 4 atom stereocenters. The minimum absolute atomic E-state index is 0.179. The lowest BCUT2D eigenvalue weighted by Gasteiger charge is -2.28. The molecule has 3 aliphatic heterocycles. The molecule has 29 heavy (non-hydrogen) atoms. The highest BCUT2D eigenvalue weighted by atomic mass is 16.5. The minimum Gasteiger partial charge on any atom is -0.497 e. The summed E-state index contributed by atoms with van der Waals surface area (Å²) in [5, 5.41) is 5.83. The Balaban J connectivity index is 1.48. The van der Waals surface area contributed by atoms with Crippen LogP contribution in [0, 0.1) is 0 Å². The van der Waals surface area contributed by atoms with Crippen LogP contribution in [0.5, 0.6) is 5.75 Å². The van der Waals surface area contributed by atoms with Crippen molar-refractivity contribution in [1.29, 1.82) is 0 Å². The number of carbonyl (C=O) groups is 4. The summed E-state index contributed by atoms with van der Waals surface area (Å²) in [6, 6.07) is 4.72. The molecule has 4 unspecified atom stereocenters. The Morgan fingerprint density at radius 3 is 2.59 bits per heavy atom. The summed E-state index contributed by atoms with van der Waals surface area (Å²) in [5.41, 5.74) is 0.474. The number of carbonyl (C=O) groups excluding carboxylic acids is 4. The van der Waals surface area contributed by atoms with Crippen LogP contribution in [-0.4, -0.2) is 77.8 Å². The van der Waals surface area contributed by atoms with Crippen molar-refractivity contribution < 1.29 is 23.9 Å². The number of methoxy groups -OCH3 is 1. The van der Waals surface area contributed by atoms with Crippen molar-refractivity contribution >= 4 is 23.6 Å². The zero-order chi connectivity index (χ0) is 20.7. The van der Waals surface area contributed by atoms with E-state index in [1.165, 1.54) is 16.7 Å². The van der Waals surface area contributed by atoms with E-state index in [9.17, 15) is 19.2 Å². The number of rotatable bonds is 3. The zero-order valence-electron chi connectivity index (χ0n) is 16.4. The molecule has 4 rings (SSSR count). The summed E-state index contributed by atoms with van der Waals surface area (Å²) in [5.74, 6) is -0.252. The van der Waals surface area contributed by atoms with Crippen molar-refractivity contribution in [3.05, 3.63) is 29.8 Å². The number of ether oxygens (including phenoxy) is 1. The fourth-order valence-corrected chi connectivity index (χ4v) is 4.49. The normalized spacial score (nSPS) is 28.3. The highest BCUT2D eigenvalue weighted by Gasteiger charge is 2.51. The molecule has 0 spiro atoms. The molecule has 9 nitrogen and oxygen atoms in total. The molecule has 4 amide bonds. The van der Waals surface area contributed by atoms with E-state index in [-0.39, 0.29) is 42.3 Å². The number of nitrogens with zero attached hydrogens (tertiary/aromatic N) is 2. The van der Waals surface area contributed by atoms with E-state index in [0.29, 0.717) is 30.7 Å². The number of fused-ring (bicyclic) bond motifs is 2. The molecule has 154 valence electrons. The van der Waals surface area contributed by atoms with Crippen molar-refractivity contribution in [1.82, 2.24) is 20.4 Å². The molecule has 0 saturated carbocycles.